The Morgan fingerprint density at radius 1 is 1.39 bits per heavy atom. The number of aliphatic imine (C=N–C) groups is 1. The summed E-state index contributed by atoms with van der Waals surface area (Å²) in [6, 6.07) is 7.35. The number of rotatable bonds is 6. The van der Waals surface area contributed by atoms with Crippen LogP contribution in [0.4, 0.5) is 0 Å². The quantitative estimate of drug-likeness (QED) is 0.367. The van der Waals surface area contributed by atoms with Crippen molar-refractivity contribution in [2.24, 2.45) is 4.99 Å². The third-order valence-electron chi connectivity index (χ3n) is 3.83. The van der Waals surface area contributed by atoms with Crippen LogP contribution in [-0.4, -0.2) is 42.9 Å². The van der Waals surface area contributed by atoms with Gasteiger partial charge >= 0.3 is 0 Å². The van der Waals surface area contributed by atoms with Crippen LogP contribution in [0.25, 0.3) is 0 Å². The Balaban J connectivity index is 0.00000264. The number of aromatic hydroxyl groups is 1. The van der Waals surface area contributed by atoms with E-state index in [-0.39, 0.29) is 29.6 Å². The predicted octanol–water partition coefficient (Wildman–Crippen LogP) is 2.68. The van der Waals surface area contributed by atoms with E-state index in [1.807, 2.05) is 12.1 Å². The number of phenols is 1. The minimum atomic E-state index is -0.117. The van der Waals surface area contributed by atoms with Crippen LogP contribution in [0.5, 0.6) is 5.75 Å². The molecule has 1 unspecified atom stereocenters. The number of halogens is 1. The van der Waals surface area contributed by atoms with E-state index in [2.05, 4.69) is 29.5 Å². The SMILES string of the molecule is CCNC(=NCC1(C)CCCO1)NCCc1cccc(O)c1.I. The fourth-order valence-electron chi connectivity index (χ4n) is 2.59. The summed E-state index contributed by atoms with van der Waals surface area (Å²) in [7, 11) is 0. The lowest BCUT2D eigenvalue weighted by Crippen LogP contribution is -2.40. The van der Waals surface area contributed by atoms with Gasteiger partial charge in [-0.15, -0.1) is 24.0 Å². The molecule has 6 heteroatoms. The molecule has 23 heavy (non-hydrogen) atoms. The number of hydrogen-bond acceptors (Lipinski definition) is 3. The Hall–Kier alpha value is -1.02. The topological polar surface area (TPSA) is 65.9 Å². The van der Waals surface area contributed by atoms with Crippen molar-refractivity contribution in [2.45, 2.75) is 38.7 Å². The second-order valence-electron chi connectivity index (χ2n) is 5.94. The highest BCUT2D eigenvalue weighted by Gasteiger charge is 2.29. The van der Waals surface area contributed by atoms with Crippen molar-refractivity contribution >= 4 is 29.9 Å². The number of hydrogen-bond donors (Lipinski definition) is 3. The molecule has 5 nitrogen and oxygen atoms in total. The van der Waals surface area contributed by atoms with Gasteiger partial charge in [0.15, 0.2) is 5.96 Å². The first kappa shape index (κ1) is 20.0. The molecular formula is C17H28IN3O2. The summed E-state index contributed by atoms with van der Waals surface area (Å²) in [5, 5.41) is 16.1. The molecule has 1 fully saturated rings. The molecule has 1 heterocycles. The predicted molar refractivity (Wildman–Crippen MR) is 105 cm³/mol. The highest BCUT2D eigenvalue weighted by molar-refractivity contribution is 14.0. The summed E-state index contributed by atoms with van der Waals surface area (Å²) >= 11 is 0. The zero-order valence-electron chi connectivity index (χ0n) is 14.0. The molecule has 1 aliphatic heterocycles. The van der Waals surface area contributed by atoms with Crippen molar-refractivity contribution in [3.63, 3.8) is 0 Å². The lowest BCUT2D eigenvalue weighted by molar-refractivity contribution is 0.0283. The monoisotopic (exact) mass is 433 g/mol. The Kier molecular flexibility index (Phi) is 8.68. The van der Waals surface area contributed by atoms with Gasteiger partial charge in [0.05, 0.1) is 12.1 Å². The van der Waals surface area contributed by atoms with E-state index in [0.717, 1.165) is 50.5 Å². The van der Waals surface area contributed by atoms with Crippen LogP contribution >= 0.6 is 24.0 Å². The van der Waals surface area contributed by atoms with Crippen molar-refractivity contribution < 1.29 is 9.84 Å². The molecule has 2 rings (SSSR count). The molecule has 1 aliphatic rings. The van der Waals surface area contributed by atoms with Gasteiger partial charge in [-0.1, -0.05) is 12.1 Å². The summed E-state index contributed by atoms with van der Waals surface area (Å²) in [6.45, 7) is 7.30. The van der Waals surface area contributed by atoms with Gasteiger partial charge in [-0.2, -0.15) is 0 Å². The molecule has 1 atom stereocenters. The van der Waals surface area contributed by atoms with Crippen molar-refractivity contribution in [1.29, 1.82) is 0 Å². The van der Waals surface area contributed by atoms with Crippen LogP contribution < -0.4 is 10.6 Å². The second-order valence-corrected chi connectivity index (χ2v) is 5.94. The van der Waals surface area contributed by atoms with Crippen LogP contribution in [0.1, 0.15) is 32.3 Å². The van der Waals surface area contributed by atoms with Gasteiger partial charge in [-0.05, 0) is 50.8 Å². The Morgan fingerprint density at radius 3 is 2.87 bits per heavy atom. The van der Waals surface area contributed by atoms with Gasteiger partial charge < -0.3 is 20.5 Å². The Bertz CT molecular complexity index is 502. The lowest BCUT2D eigenvalue weighted by Gasteiger charge is -2.21. The van der Waals surface area contributed by atoms with Gasteiger partial charge in [-0.25, -0.2) is 0 Å². The molecule has 1 aromatic carbocycles. The fourth-order valence-corrected chi connectivity index (χ4v) is 2.59. The molecule has 1 aromatic rings. The van der Waals surface area contributed by atoms with Crippen LogP contribution in [0.15, 0.2) is 29.3 Å². The average molecular weight is 433 g/mol. The Labute approximate surface area is 155 Å². The lowest BCUT2D eigenvalue weighted by atomic mass is 10.0. The van der Waals surface area contributed by atoms with Crippen molar-refractivity contribution in [3.05, 3.63) is 29.8 Å². The standard InChI is InChI=1S/C17H27N3O2.HI/c1-3-18-16(20-13-17(2)9-5-11-22-17)19-10-8-14-6-4-7-15(21)12-14;/h4,6-7,12,21H,3,5,8-11,13H2,1-2H3,(H2,18,19,20);1H. The van der Waals surface area contributed by atoms with Crippen LogP contribution in [0.3, 0.4) is 0 Å². The number of guanidine groups is 1. The van der Waals surface area contributed by atoms with E-state index in [9.17, 15) is 5.11 Å². The number of nitrogens with one attached hydrogen (secondary N) is 2. The second kappa shape index (κ2) is 9.97. The molecule has 0 amide bonds. The van der Waals surface area contributed by atoms with Crippen LogP contribution in [0.2, 0.25) is 0 Å². The summed E-state index contributed by atoms with van der Waals surface area (Å²) < 4.78 is 5.77. The molecule has 3 N–H and O–H groups in total. The maximum atomic E-state index is 9.47. The van der Waals surface area contributed by atoms with Gasteiger partial charge in [0.25, 0.3) is 0 Å². The first-order chi connectivity index (χ1) is 10.6. The molecule has 0 aromatic heterocycles. The normalized spacial score (nSPS) is 20.9. The minimum absolute atomic E-state index is 0. The molecule has 1 saturated heterocycles. The summed E-state index contributed by atoms with van der Waals surface area (Å²) in [5.74, 6) is 1.13. The maximum Gasteiger partial charge on any atom is 0.191 e. The minimum Gasteiger partial charge on any atom is -0.508 e. The molecule has 0 radical (unpaired) electrons. The van der Waals surface area contributed by atoms with Crippen molar-refractivity contribution in [1.82, 2.24) is 10.6 Å². The van der Waals surface area contributed by atoms with E-state index in [1.54, 1.807) is 12.1 Å². The van der Waals surface area contributed by atoms with E-state index >= 15 is 0 Å². The van der Waals surface area contributed by atoms with Crippen molar-refractivity contribution in [2.75, 3.05) is 26.2 Å². The van der Waals surface area contributed by atoms with E-state index in [0.29, 0.717) is 12.3 Å². The third-order valence-corrected chi connectivity index (χ3v) is 3.83. The smallest absolute Gasteiger partial charge is 0.191 e. The van der Waals surface area contributed by atoms with E-state index in [1.165, 1.54) is 0 Å². The first-order valence-electron chi connectivity index (χ1n) is 8.05. The number of nitrogens with zero attached hydrogens (tertiary/aromatic N) is 1. The van der Waals surface area contributed by atoms with Crippen LogP contribution in [-0.2, 0) is 11.2 Å². The maximum absolute atomic E-state index is 9.47. The summed E-state index contributed by atoms with van der Waals surface area (Å²) in [6.07, 6.45) is 3.03. The highest BCUT2D eigenvalue weighted by Crippen LogP contribution is 2.24. The van der Waals surface area contributed by atoms with E-state index in [4.69, 9.17) is 4.74 Å². The first-order valence-corrected chi connectivity index (χ1v) is 8.05. The average Bonchev–Trinajstić information content (AvgIpc) is 2.92. The molecule has 0 bridgehead atoms. The van der Waals surface area contributed by atoms with Gasteiger partial charge in [-0.3, -0.25) is 4.99 Å². The molecule has 0 spiro atoms. The molecule has 0 saturated carbocycles. The zero-order valence-corrected chi connectivity index (χ0v) is 16.3. The molecular weight excluding hydrogens is 405 g/mol. The number of ether oxygens (including phenoxy) is 1. The largest absolute Gasteiger partial charge is 0.508 e. The van der Waals surface area contributed by atoms with Crippen LogP contribution in [0, 0.1) is 0 Å². The Morgan fingerprint density at radius 2 is 2.22 bits per heavy atom. The van der Waals surface area contributed by atoms with Crippen molar-refractivity contribution in [3.8, 4) is 5.75 Å². The van der Waals surface area contributed by atoms with Gasteiger partial charge in [0.1, 0.15) is 5.75 Å². The molecule has 130 valence electrons. The third kappa shape index (κ3) is 6.95. The highest BCUT2D eigenvalue weighted by atomic mass is 127. The molecule has 0 aliphatic carbocycles. The van der Waals surface area contributed by atoms with E-state index < -0.39 is 0 Å². The van der Waals surface area contributed by atoms with Gasteiger partial charge in [0.2, 0.25) is 0 Å². The number of phenolic OH excluding ortho intramolecular Hbond substituents is 1. The summed E-state index contributed by atoms with van der Waals surface area (Å²) in [4.78, 5) is 4.64. The fraction of sp³-hybridized carbons (Fsp3) is 0.588. The summed E-state index contributed by atoms with van der Waals surface area (Å²) in [5.41, 5.74) is 0.988. The number of benzene rings is 1. The van der Waals surface area contributed by atoms with Gasteiger partial charge in [0, 0.05) is 19.7 Å². The zero-order chi connectivity index (χ0) is 15.8.